The fraction of sp³-hybridized carbons (Fsp3) is 0.423. The maximum Gasteiger partial charge on any atom is 0.338 e. The summed E-state index contributed by atoms with van der Waals surface area (Å²) in [4.78, 5) is 131. The number of thioether (sulfide) groups is 1. The number of rotatable bonds is 19. The third kappa shape index (κ3) is 12.3. The number of ether oxygens (including phenoxy) is 9. The number of carbonyl (C=O) groups excluding carboxylic acids is 8. The zero-order chi connectivity index (χ0) is 67.8. The van der Waals surface area contributed by atoms with Gasteiger partial charge in [0, 0.05) is 49.7 Å². The molecule has 1 unspecified atom stereocenters. The molecule has 1 aliphatic heterocycles. The van der Waals surface area contributed by atoms with Crippen LogP contribution < -0.4 is 30.3 Å². The summed E-state index contributed by atoms with van der Waals surface area (Å²) in [7, 11) is 4.47. The summed E-state index contributed by atoms with van der Waals surface area (Å²) < 4.78 is 55.3. The van der Waals surface area contributed by atoms with Crippen molar-refractivity contribution in [1.29, 1.82) is 0 Å². The summed E-state index contributed by atoms with van der Waals surface area (Å²) in [6.45, 7) is 7.63. The molecule has 3 fully saturated rings. The molecule has 94 heavy (non-hydrogen) atoms. The van der Waals surface area contributed by atoms with Gasteiger partial charge in [0.1, 0.15) is 30.0 Å². The van der Waals surface area contributed by atoms with Gasteiger partial charge in [-0.3, -0.25) is 33.6 Å². The van der Waals surface area contributed by atoms with Crippen molar-refractivity contribution in [3.63, 3.8) is 0 Å². The largest absolute Gasteiger partial charge is 0.493 e. The van der Waals surface area contributed by atoms with Crippen LogP contribution in [0.3, 0.4) is 0 Å². The van der Waals surface area contributed by atoms with Crippen LogP contribution in [0, 0.1) is 16.7 Å². The van der Waals surface area contributed by atoms with Crippen molar-refractivity contribution in [3.8, 4) is 28.4 Å². The number of fused-ring (bicyclic) bond motifs is 8. The lowest BCUT2D eigenvalue weighted by molar-refractivity contribution is -0.346. The molecule has 0 spiro atoms. The fourth-order valence-electron chi connectivity index (χ4n) is 14.6. The number of ketones is 1. The number of aryl methyl sites for hydroxylation is 1. The van der Waals surface area contributed by atoms with Crippen molar-refractivity contribution in [3.05, 3.63) is 164 Å². The number of esters is 5. The summed E-state index contributed by atoms with van der Waals surface area (Å²) in [6.07, 6.45) is -10.3. The summed E-state index contributed by atoms with van der Waals surface area (Å²) in [5, 5.41) is 32.2. The lowest BCUT2D eigenvalue weighted by atomic mass is 9.44. The average Bonchev–Trinajstić information content (AvgIpc) is 0.706. The fourth-order valence-corrected chi connectivity index (χ4v) is 15.1. The molecule has 0 aromatic heterocycles. The van der Waals surface area contributed by atoms with Crippen LogP contribution in [0.2, 0.25) is 0 Å². The van der Waals surface area contributed by atoms with Gasteiger partial charge in [-0.05, 0) is 109 Å². The zero-order valence-corrected chi connectivity index (χ0v) is 54.6. The number of aliphatic hydroxyl groups is 2. The van der Waals surface area contributed by atoms with E-state index in [1.807, 2.05) is 6.07 Å². The summed E-state index contributed by atoms with van der Waals surface area (Å²) in [5.41, 5.74) is -6.03. The number of amides is 2. The van der Waals surface area contributed by atoms with Crippen molar-refractivity contribution >= 4 is 59.2 Å². The first-order valence-electron chi connectivity index (χ1n) is 30.8. The molecule has 22 nitrogen and oxygen atoms in total. The summed E-state index contributed by atoms with van der Waals surface area (Å²) in [6, 6.07) is 28.5. The quantitative estimate of drug-likeness (QED) is 0.0267. The van der Waals surface area contributed by atoms with Crippen LogP contribution in [-0.2, 0) is 63.6 Å². The van der Waals surface area contributed by atoms with Gasteiger partial charge in [-0.1, -0.05) is 86.6 Å². The molecular formula is C71H76N2O20S. The number of nitrogens with one attached hydrogen (secondary N) is 2. The van der Waals surface area contributed by atoms with Crippen molar-refractivity contribution in [2.45, 2.75) is 145 Å². The lowest BCUT2D eigenvalue weighted by Gasteiger charge is -2.67. The van der Waals surface area contributed by atoms with Crippen molar-refractivity contribution in [2.75, 3.05) is 34.2 Å². The standard InChI is InChI=1S/C71H76N2O20S/c1-37-49(90-67(83)58(79)57(40-20-14-11-15-21-40)73-65(81)41-22-16-12-17-23-41)35-71(84)64(92-66(82)42-24-18-13-19-25-42)62-69(6,63(80)61(89-38(2)74)56(37)68(71,4)5)51(34-52-70(62,36-88-52)93-39(3)75)91-54(78)31-30-53(77)72-46-28-26-43-32-48(85-7)59(86-8)60(87-9)55(43)44-27-29-50(94-10)47(76)33-45(44)46/h11-25,27,29,32-33,46,49,51-52,57-58,61-62,64,79,84H,26,28,30-31,34-36H2,1-10H3,(H,72,77)(H,73,81)/t46-,49-,51-,52+,57-,58+,61+,62?,64-,69+,70-,71+/m0/s1. The number of benzene rings is 4. The maximum absolute atomic E-state index is 16.6. The number of Topliss-reactive ketones (excluding diaryl/α,β-unsaturated/α-hetero) is 1. The molecule has 5 aliphatic rings. The Balaban J connectivity index is 1.03. The molecule has 1 saturated heterocycles. The van der Waals surface area contributed by atoms with E-state index in [-0.39, 0.29) is 40.5 Å². The second kappa shape index (κ2) is 27.2. The maximum atomic E-state index is 16.6. The first kappa shape index (κ1) is 68.0. The SMILES string of the molecule is COc1cc2c(c(OC)c1OC)-c1ccc(SC)c(=O)cc1[C@@H](NC(=O)CCC(=O)O[C@H]1C[C@H]3OC[C@@]3(OC(C)=O)C3[C@H](OC(=O)c4ccccc4)[C@]4(O)C[C@H](OC(=O)[C@H](O)[C@@H](NC(=O)c5ccccc5)c5ccccc5)C(C)=C([C@@H](OC(C)=O)C(=O)[C@@]31C)C4(C)C)CC2. The van der Waals surface area contributed by atoms with Gasteiger partial charge < -0.3 is 63.5 Å². The highest BCUT2D eigenvalue weighted by Gasteiger charge is 2.79. The predicted octanol–water partition coefficient (Wildman–Crippen LogP) is 7.65. The van der Waals surface area contributed by atoms with E-state index < -0.39 is 150 Å². The number of hydrogen-bond acceptors (Lipinski definition) is 21. The van der Waals surface area contributed by atoms with Gasteiger partial charge in [0.2, 0.25) is 11.7 Å². The van der Waals surface area contributed by atoms with Crippen LogP contribution >= 0.6 is 11.8 Å². The van der Waals surface area contributed by atoms with E-state index in [0.29, 0.717) is 50.8 Å². The van der Waals surface area contributed by atoms with E-state index >= 15 is 4.79 Å². The number of aliphatic hydroxyl groups excluding tert-OH is 1. The lowest BCUT2D eigenvalue weighted by Crippen LogP contribution is -2.82. The molecule has 4 N–H and O–H groups in total. The van der Waals surface area contributed by atoms with Crippen LogP contribution in [-0.4, -0.2) is 140 Å². The Labute approximate surface area is 547 Å². The first-order valence-corrected chi connectivity index (χ1v) is 32.1. The minimum atomic E-state index is -2.58. The Morgan fingerprint density at radius 3 is 2.01 bits per heavy atom. The Kier molecular flexibility index (Phi) is 19.7. The molecule has 496 valence electrons. The molecule has 1 heterocycles. The zero-order valence-electron chi connectivity index (χ0n) is 53.8. The smallest absolute Gasteiger partial charge is 0.338 e. The van der Waals surface area contributed by atoms with Gasteiger partial charge in [-0.25, -0.2) is 9.59 Å². The van der Waals surface area contributed by atoms with Crippen molar-refractivity contribution < 1.29 is 91.2 Å². The van der Waals surface area contributed by atoms with E-state index in [2.05, 4.69) is 10.6 Å². The molecule has 12 atom stereocenters. The monoisotopic (exact) mass is 1310 g/mol. The van der Waals surface area contributed by atoms with Gasteiger partial charge in [0.05, 0.1) is 68.2 Å². The summed E-state index contributed by atoms with van der Waals surface area (Å²) >= 11 is 1.25. The highest BCUT2D eigenvalue weighted by Crippen LogP contribution is 2.65. The van der Waals surface area contributed by atoms with Crippen LogP contribution in [0.4, 0.5) is 0 Å². The van der Waals surface area contributed by atoms with Gasteiger partial charge in [0.15, 0.2) is 40.5 Å². The third-order valence-corrected chi connectivity index (χ3v) is 20.1. The Morgan fingerprint density at radius 1 is 0.766 bits per heavy atom. The van der Waals surface area contributed by atoms with E-state index in [9.17, 15) is 48.6 Å². The van der Waals surface area contributed by atoms with Gasteiger partial charge >= 0.3 is 29.8 Å². The van der Waals surface area contributed by atoms with Gasteiger partial charge in [-0.2, -0.15) is 0 Å². The minimum Gasteiger partial charge on any atom is -0.493 e. The molecule has 5 aromatic carbocycles. The molecule has 2 bridgehead atoms. The van der Waals surface area contributed by atoms with Crippen molar-refractivity contribution in [1.82, 2.24) is 10.6 Å². The van der Waals surface area contributed by atoms with Crippen LogP contribution in [0.5, 0.6) is 17.2 Å². The van der Waals surface area contributed by atoms with Gasteiger partial charge in [0.25, 0.3) is 5.91 Å². The molecule has 2 amide bonds. The topological polar surface area (TPSA) is 301 Å². The molecular weight excluding hydrogens is 1230 g/mol. The second-order valence-electron chi connectivity index (χ2n) is 24.9. The minimum absolute atomic E-state index is 0.0145. The predicted molar refractivity (Wildman–Crippen MR) is 340 cm³/mol. The molecule has 5 aromatic rings. The van der Waals surface area contributed by atoms with E-state index in [4.69, 9.17) is 42.6 Å². The Hall–Kier alpha value is -8.90. The molecule has 23 heteroatoms. The molecule has 4 aliphatic carbocycles. The third-order valence-electron chi connectivity index (χ3n) is 19.3. The molecule has 10 rings (SSSR count). The van der Waals surface area contributed by atoms with Crippen molar-refractivity contribution in [2.24, 2.45) is 16.7 Å². The second-order valence-corrected chi connectivity index (χ2v) is 25.8. The van der Waals surface area contributed by atoms with E-state index in [1.54, 1.807) is 97.3 Å². The van der Waals surface area contributed by atoms with Crippen LogP contribution in [0.15, 0.2) is 136 Å². The van der Waals surface area contributed by atoms with E-state index in [0.717, 1.165) is 19.4 Å². The average molecular weight is 1310 g/mol. The van der Waals surface area contributed by atoms with Crippen LogP contribution in [0.25, 0.3) is 11.1 Å². The van der Waals surface area contributed by atoms with Crippen LogP contribution in [0.1, 0.15) is 123 Å². The highest BCUT2D eigenvalue weighted by atomic mass is 32.2. The van der Waals surface area contributed by atoms with Gasteiger partial charge in [-0.15, -0.1) is 11.8 Å². The Morgan fingerprint density at radius 2 is 1.41 bits per heavy atom. The number of hydrogen-bond donors (Lipinski definition) is 4. The number of carbonyl (C=O) groups is 8. The molecule has 2 saturated carbocycles. The van der Waals surface area contributed by atoms with E-state index in [1.165, 1.54) is 79.0 Å². The highest BCUT2D eigenvalue weighted by molar-refractivity contribution is 7.98. The first-order chi connectivity index (χ1) is 44.8. The Bertz CT molecular complexity index is 3900. The number of methoxy groups -OCH3 is 3. The molecule has 0 radical (unpaired) electrons. The normalized spacial score (nSPS) is 26.1. The summed E-state index contributed by atoms with van der Waals surface area (Å²) in [5.74, 6) is -8.10.